The average molecular weight is 395 g/mol. The van der Waals surface area contributed by atoms with Gasteiger partial charge in [0, 0.05) is 11.6 Å². The Morgan fingerprint density at radius 3 is 2.42 bits per heavy atom. The van der Waals surface area contributed by atoms with Gasteiger partial charge in [0.15, 0.2) is 0 Å². The Bertz CT molecular complexity index is 726. The fourth-order valence-corrected chi connectivity index (χ4v) is 2.21. The third-order valence-electron chi connectivity index (χ3n) is 3.02. The molecule has 0 aliphatic rings. The average Bonchev–Trinajstić information content (AvgIpc) is 2.57. The van der Waals surface area contributed by atoms with Gasteiger partial charge in [0.25, 0.3) is 0 Å². The number of esters is 1. The summed E-state index contributed by atoms with van der Waals surface area (Å²) in [5, 5.41) is 9.17. The summed E-state index contributed by atoms with van der Waals surface area (Å²) in [4.78, 5) is 23.4. The van der Waals surface area contributed by atoms with Crippen molar-refractivity contribution in [3.63, 3.8) is 0 Å². The molecule has 0 aliphatic heterocycles. The lowest BCUT2D eigenvalue weighted by molar-refractivity contribution is 0.0681. The number of carboxylic acids is 1. The maximum absolute atomic E-state index is 12.2. The number of benzene rings is 2. The lowest BCUT2D eigenvalue weighted by Gasteiger charge is -2.09. The van der Waals surface area contributed by atoms with Crippen LogP contribution in [0.3, 0.4) is 0 Å². The molecule has 0 aromatic heterocycles. The van der Waals surface area contributed by atoms with E-state index in [2.05, 4.69) is 15.9 Å². The predicted octanol–water partition coefficient (Wildman–Crippen LogP) is 3.39. The summed E-state index contributed by atoms with van der Waals surface area (Å²) in [7, 11) is 1.58. The van der Waals surface area contributed by atoms with Crippen LogP contribution >= 0.6 is 15.9 Å². The topological polar surface area (TPSA) is 82.1 Å². The minimum absolute atomic E-state index is 0.0175. The fourth-order valence-electron chi connectivity index (χ4n) is 1.85. The zero-order valence-corrected chi connectivity index (χ0v) is 14.4. The second-order valence-corrected chi connectivity index (χ2v) is 5.62. The minimum atomic E-state index is -1.18. The van der Waals surface area contributed by atoms with Gasteiger partial charge in [0.05, 0.1) is 12.2 Å². The third-order valence-corrected chi connectivity index (χ3v) is 3.51. The van der Waals surface area contributed by atoms with E-state index in [1.807, 2.05) is 0 Å². The Balaban J connectivity index is 2.09. The van der Waals surface area contributed by atoms with Crippen molar-refractivity contribution < 1.29 is 28.9 Å². The van der Waals surface area contributed by atoms with E-state index in [1.165, 1.54) is 12.1 Å². The molecular formula is C17H15BrO6. The van der Waals surface area contributed by atoms with Crippen molar-refractivity contribution in [1.82, 2.24) is 0 Å². The van der Waals surface area contributed by atoms with Crippen LogP contribution in [0.25, 0.3) is 0 Å². The Morgan fingerprint density at radius 1 is 1.08 bits per heavy atom. The molecule has 126 valence electrons. The number of ether oxygens (including phenoxy) is 3. The summed E-state index contributed by atoms with van der Waals surface area (Å²) in [6, 6.07) is 10.7. The highest BCUT2D eigenvalue weighted by Gasteiger charge is 2.16. The van der Waals surface area contributed by atoms with E-state index in [0.29, 0.717) is 23.4 Å². The normalized spacial score (nSPS) is 10.2. The summed E-state index contributed by atoms with van der Waals surface area (Å²) >= 11 is 3.18. The quantitative estimate of drug-likeness (QED) is 0.440. The second kappa shape index (κ2) is 8.47. The van der Waals surface area contributed by atoms with Crippen molar-refractivity contribution in [2.24, 2.45) is 0 Å². The zero-order chi connectivity index (χ0) is 17.5. The molecule has 0 atom stereocenters. The van der Waals surface area contributed by atoms with Gasteiger partial charge < -0.3 is 19.3 Å². The highest BCUT2D eigenvalue weighted by atomic mass is 79.9. The number of hydrogen-bond donors (Lipinski definition) is 1. The standard InChI is InChI=1S/C17H15BrO6/c1-22-8-9-23-13-5-2-11(3-6-13)17(21)24-15-7-4-12(18)10-14(15)16(19)20/h2-7,10H,8-9H2,1H3,(H,19,20). The first-order chi connectivity index (χ1) is 11.5. The van der Waals surface area contributed by atoms with Crippen LogP contribution < -0.4 is 9.47 Å². The molecule has 0 radical (unpaired) electrons. The zero-order valence-electron chi connectivity index (χ0n) is 12.8. The maximum Gasteiger partial charge on any atom is 0.343 e. The number of carbonyl (C=O) groups excluding carboxylic acids is 1. The van der Waals surface area contributed by atoms with Crippen LogP contribution in [-0.4, -0.2) is 37.4 Å². The lowest BCUT2D eigenvalue weighted by Crippen LogP contribution is -2.11. The van der Waals surface area contributed by atoms with Gasteiger partial charge in [0.2, 0.25) is 0 Å². The molecular weight excluding hydrogens is 380 g/mol. The molecule has 2 aromatic rings. The van der Waals surface area contributed by atoms with E-state index in [0.717, 1.165) is 0 Å². The number of rotatable bonds is 7. The number of hydrogen-bond acceptors (Lipinski definition) is 5. The van der Waals surface area contributed by atoms with Crippen molar-refractivity contribution in [2.45, 2.75) is 0 Å². The van der Waals surface area contributed by atoms with Crippen LogP contribution in [0, 0.1) is 0 Å². The van der Waals surface area contributed by atoms with Crippen LogP contribution in [0.1, 0.15) is 20.7 Å². The number of carbonyl (C=O) groups is 2. The fraction of sp³-hybridized carbons (Fsp3) is 0.176. The molecule has 24 heavy (non-hydrogen) atoms. The maximum atomic E-state index is 12.2. The van der Waals surface area contributed by atoms with Crippen molar-refractivity contribution >= 4 is 27.9 Å². The van der Waals surface area contributed by atoms with Gasteiger partial charge in [0.1, 0.15) is 23.7 Å². The van der Waals surface area contributed by atoms with Gasteiger partial charge >= 0.3 is 11.9 Å². The molecule has 2 aromatic carbocycles. The first kappa shape index (κ1) is 18.0. The second-order valence-electron chi connectivity index (χ2n) is 4.70. The number of aromatic carboxylic acids is 1. The van der Waals surface area contributed by atoms with Gasteiger partial charge in [-0.15, -0.1) is 0 Å². The van der Waals surface area contributed by atoms with Gasteiger partial charge in [-0.3, -0.25) is 0 Å². The number of carboxylic acid groups (broad SMARTS) is 1. The monoisotopic (exact) mass is 394 g/mol. The Kier molecular flexibility index (Phi) is 6.34. The minimum Gasteiger partial charge on any atom is -0.491 e. The van der Waals surface area contributed by atoms with E-state index in [9.17, 15) is 14.7 Å². The van der Waals surface area contributed by atoms with Gasteiger partial charge in [-0.1, -0.05) is 15.9 Å². The van der Waals surface area contributed by atoms with E-state index in [4.69, 9.17) is 14.2 Å². The molecule has 0 amide bonds. The van der Waals surface area contributed by atoms with Gasteiger partial charge in [-0.2, -0.15) is 0 Å². The SMILES string of the molecule is COCCOc1ccc(C(=O)Oc2ccc(Br)cc2C(=O)O)cc1. The molecule has 0 saturated heterocycles. The molecule has 1 N–H and O–H groups in total. The van der Waals surface area contributed by atoms with Crippen molar-refractivity contribution in [2.75, 3.05) is 20.3 Å². The van der Waals surface area contributed by atoms with Crippen LogP contribution in [0.4, 0.5) is 0 Å². The molecule has 7 heteroatoms. The summed E-state index contributed by atoms with van der Waals surface area (Å²) < 4.78 is 16.0. The third kappa shape index (κ3) is 4.81. The summed E-state index contributed by atoms with van der Waals surface area (Å²) in [5.74, 6) is -1.25. The molecule has 0 unspecified atom stereocenters. The van der Waals surface area contributed by atoms with Crippen molar-refractivity contribution in [3.8, 4) is 11.5 Å². The molecule has 0 bridgehead atoms. The van der Waals surface area contributed by atoms with E-state index < -0.39 is 11.9 Å². The van der Waals surface area contributed by atoms with Crippen molar-refractivity contribution in [1.29, 1.82) is 0 Å². The highest BCUT2D eigenvalue weighted by molar-refractivity contribution is 9.10. The Morgan fingerprint density at radius 2 is 1.79 bits per heavy atom. The number of methoxy groups -OCH3 is 1. The van der Waals surface area contributed by atoms with Crippen LogP contribution in [0.15, 0.2) is 46.9 Å². The largest absolute Gasteiger partial charge is 0.491 e. The van der Waals surface area contributed by atoms with Crippen molar-refractivity contribution in [3.05, 3.63) is 58.1 Å². The Labute approximate surface area is 147 Å². The van der Waals surface area contributed by atoms with Crippen LogP contribution in [-0.2, 0) is 4.74 Å². The lowest BCUT2D eigenvalue weighted by atomic mass is 10.2. The number of halogens is 1. The molecule has 2 rings (SSSR count). The molecule has 0 fully saturated rings. The van der Waals surface area contributed by atoms with E-state index in [-0.39, 0.29) is 16.9 Å². The van der Waals surface area contributed by atoms with Gasteiger partial charge in [-0.05, 0) is 42.5 Å². The molecule has 0 saturated carbocycles. The summed E-state index contributed by atoms with van der Waals surface area (Å²) in [6.45, 7) is 0.868. The first-order valence-corrected chi connectivity index (χ1v) is 7.77. The first-order valence-electron chi connectivity index (χ1n) is 6.98. The van der Waals surface area contributed by atoms with E-state index in [1.54, 1.807) is 37.4 Å². The predicted molar refractivity (Wildman–Crippen MR) is 89.9 cm³/mol. The molecule has 0 heterocycles. The Hall–Kier alpha value is -2.38. The highest BCUT2D eigenvalue weighted by Crippen LogP contribution is 2.24. The van der Waals surface area contributed by atoms with E-state index >= 15 is 0 Å². The van der Waals surface area contributed by atoms with Gasteiger partial charge in [-0.25, -0.2) is 9.59 Å². The molecule has 6 nitrogen and oxygen atoms in total. The molecule has 0 aliphatic carbocycles. The van der Waals surface area contributed by atoms with Crippen LogP contribution in [0.2, 0.25) is 0 Å². The summed E-state index contributed by atoms with van der Waals surface area (Å²) in [6.07, 6.45) is 0. The molecule has 0 spiro atoms. The van der Waals surface area contributed by atoms with Crippen LogP contribution in [0.5, 0.6) is 11.5 Å². The smallest absolute Gasteiger partial charge is 0.343 e. The summed E-state index contributed by atoms with van der Waals surface area (Å²) in [5.41, 5.74) is 0.186.